The highest BCUT2D eigenvalue weighted by Gasteiger charge is 2.21. The van der Waals surface area contributed by atoms with E-state index in [4.69, 9.17) is 21.1 Å². The van der Waals surface area contributed by atoms with Crippen molar-refractivity contribution in [2.45, 2.75) is 33.2 Å². The fourth-order valence-electron chi connectivity index (χ4n) is 3.32. The summed E-state index contributed by atoms with van der Waals surface area (Å²) < 4.78 is 12.2. The van der Waals surface area contributed by atoms with Crippen LogP contribution >= 0.6 is 11.6 Å². The molecule has 0 bridgehead atoms. The molecule has 0 aliphatic heterocycles. The van der Waals surface area contributed by atoms with Crippen molar-refractivity contribution in [2.24, 2.45) is 0 Å². The molecule has 0 radical (unpaired) electrons. The zero-order valence-electron chi connectivity index (χ0n) is 17.3. The Bertz CT molecular complexity index is 1060. The SMILES string of the molecule is CCCCOC(=O)NCc1c(C)n(C(=O)c2ccc(Cl)cc2)c2ccc(OC)cc12. The summed E-state index contributed by atoms with van der Waals surface area (Å²) >= 11 is 5.96. The number of rotatable bonds is 7. The average molecular weight is 429 g/mol. The maximum absolute atomic E-state index is 13.2. The molecule has 0 fully saturated rings. The van der Waals surface area contributed by atoms with Crippen LogP contribution < -0.4 is 10.1 Å². The quantitative estimate of drug-likeness (QED) is 0.516. The number of fused-ring (bicyclic) bond motifs is 1. The molecule has 0 atom stereocenters. The molecule has 1 N–H and O–H groups in total. The number of amides is 1. The minimum Gasteiger partial charge on any atom is -0.497 e. The Kier molecular flexibility index (Phi) is 7.00. The monoisotopic (exact) mass is 428 g/mol. The van der Waals surface area contributed by atoms with Crippen LogP contribution in [0.5, 0.6) is 5.75 Å². The van der Waals surface area contributed by atoms with Crippen molar-refractivity contribution in [3.05, 3.63) is 64.3 Å². The second kappa shape index (κ2) is 9.67. The molecule has 0 aliphatic carbocycles. The molecule has 3 aromatic rings. The van der Waals surface area contributed by atoms with E-state index >= 15 is 0 Å². The van der Waals surface area contributed by atoms with E-state index in [1.165, 1.54) is 0 Å². The summed E-state index contributed by atoms with van der Waals surface area (Å²) in [6, 6.07) is 12.3. The predicted octanol–water partition coefficient (Wildman–Crippen LogP) is 5.33. The van der Waals surface area contributed by atoms with Gasteiger partial charge in [-0.3, -0.25) is 9.36 Å². The Morgan fingerprint density at radius 1 is 1.13 bits per heavy atom. The molecule has 2 aromatic carbocycles. The normalized spacial score (nSPS) is 10.8. The summed E-state index contributed by atoms with van der Waals surface area (Å²) in [5, 5.41) is 4.19. The molecule has 0 spiro atoms. The van der Waals surface area contributed by atoms with Gasteiger partial charge in [0.2, 0.25) is 0 Å². The number of methoxy groups -OCH3 is 1. The van der Waals surface area contributed by atoms with E-state index in [1.54, 1.807) is 35.9 Å². The standard InChI is InChI=1S/C23H25ClN2O4/c1-4-5-12-30-23(28)25-14-20-15(2)26(21-11-10-18(29-3)13-19(20)21)22(27)16-6-8-17(24)9-7-16/h6-11,13H,4-5,12,14H2,1-3H3,(H,25,28). The predicted molar refractivity (Wildman–Crippen MR) is 118 cm³/mol. The molecule has 6 nitrogen and oxygen atoms in total. The minimum absolute atomic E-state index is 0.170. The summed E-state index contributed by atoms with van der Waals surface area (Å²) in [6.45, 7) is 4.51. The summed E-state index contributed by atoms with van der Waals surface area (Å²) in [6.07, 6.45) is 1.29. The Balaban J connectivity index is 1.97. The Morgan fingerprint density at radius 2 is 1.87 bits per heavy atom. The zero-order chi connectivity index (χ0) is 21.7. The van der Waals surface area contributed by atoms with Crippen LogP contribution in [0.15, 0.2) is 42.5 Å². The highest BCUT2D eigenvalue weighted by Crippen LogP contribution is 2.30. The number of benzene rings is 2. The van der Waals surface area contributed by atoms with Gasteiger partial charge in [-0.2, -0.15) is 0 Å². The van der Waals surface area contributed by atoms with Crippen LogP contribution in [-0.4, -0.2) is 30.3 Å². The van der Waals surface area contributed by atoms with Gasteiger partial charge >= 0.3 is 6.09 Å². The van der Waals surface area contributed by atoms with Crippen molar-refractivity contribution < 1.29 is 19.1 Å². The van der Waals surface area contributed by atoms with E-state index in [0.717, 1.165) is 35.0 Å². The number of ether oxygens (including phenoxy) is 2. The summed E-state index contributed by atoms with van der Waals surface area (Å²) in [4.78, 5) is 25.3. The van der Waals surface area contributed by atoms with Crippen molar-refractivity contribution in [3.63, 3.8) is 0 Å². The van der Waals surface area contributed by atoms with Gasteiger partial charge in [0.15, 0.2) is 0 Å². The molecule has 0 aliphatic rings. The fraction of sp³-hybridized carbons (Fsp3) is 0.304. The molecular weight excluding hydrogens is 404 g/mol. The van der Waals surface area contributed by atoms with Crippen molar-refractivity contribution in [1.82, 2.24) is 9.88 Å². The maximum atomic E-state index is 13.2. The fourth-order valence-corrected chi connectivity index (χ4v) is 3.44. The van der Waals surface area contributed by atoms with E-state index in [2.05, 4.69) is 5.32 Å². The highest BCUT2D eigenvalue weighted by molar-refractivity contribution is 6.30. The molecule has 0 unspecified atom stereocenters. The first-order valence-corrected chi connectivity index (χ1v) is 10.2. The number of nitrogens with zero attached hydrogens (tertiary/aromatic N) is 1. The smallest absolute Gasteiger partial charge is 0.407 e. The van der Waals surface area contributed by atoms with Gasteiger partial charge < -0.3 is 14.8 Å². The van der Waals surface area contributed by atoms with Gasteiger partial charge in [0.1, 0.15) is 5.75 Å². The lowest BCUT2D eigenvalue weighted by Crippen LogP contribution is -2.24. The lowest BCUT2D eigenvalue weighted by atomic mass is 10.1. The molecule has 0 saturated heterocycles. The first kappa shape index (κ1) is 21.7. The van der Waals surface area contributed by atoms with Crippen molar-refractivity contribution in [2.75, 3.05) is 13.7 Å². The Morgan fingerprint density at radius 3 is 2.53 bits per heavy atom. The van der Waals surface area contributed by atoms with Crippen LogP contribution in [0.4, 0.5) is 4.79 Å². The van der Waals surface area contributed by atoms with Gasteiger partial charge in [0, 0.05) is 33.8 Å². The number of carbonyl (C=O) groups is 2. The van der Waals surface area contributed by atoms with Crippen LogP contribution in [0.25, 0.3) is 10.9 Å². The van der Waals surface area contributed by atoms with Crippen molar-refractivity contribution in [3.8, 4) is 5.75 Å². The molecule has 30 heavy (non-hydrogen) atoms. The van der Waals surface area contributed by atoms with Gasteiger partial charge in [0.25, 0.3) is 5.91 Å². The largest absolute Gasteiger partial charge is 0.497 e. The number of carbonyl (C=O) groups excluding carboxylic acids is 2. The third kappa shape index (κ3) is 4.60. The summed E-state index contributed by atoms with van der Waals surface area (Å²) in [7, 11) is 1.59. The van der Waals surface area contributed by atoms with Crippen LogP contribution in [0.3, 0.4) is 0 Å². The van der Waals surface area contributed by atoms with Crippen molar-refractivity contribution >= 4 is 34.5 Å². The van der Waals surface area contributed by atoms with Gasteiger partial charge in [0.05, 0.1) is 19.2 Å². The zero-order valence-corrected chi connectivity index (χ0v) is 18.1. The molecule has 1 amide bonds. The Hall–Kier alpha value is -2.99. The van der Waals surface area contributed by atoms with E-state index in [1.807, 2.05) is 32.0 Å². The van der Waals surface area contributed by atoms with E-state index < -0.39 is 6.09 Å². The Labute approximate surface area is 180 Å². The van der Waals surface area contributed by atoms with Gasteiger partial charge in [-0.1, -0.05) is 24.9 Å². The number of nitrogens with one attached hydrogen (secondary N) is 1. The van der Waals surface area contributed by atoms with E-state index in [9.17, 15) is 9.59 Å². The summed E-state index contributed by atoms with van der Waals surface area (Å²) in [5.41, 5.74) is 2.84. The van der Waals surface area contributed by atoms with Gasteiger partial charge in [-0.25, -0.2) is 4.79 Å². The van der Waals surface area contributed by atoms with E-state index in [-0.39, 0.29) is 12.5 Å². The molecule has 7 heteroatoms. The van der Waals surface area contributed by atoms with Gasteiger partial charge in [-0.05, 0) is 55.8 Å². The third-order valence-corrected chi connectivity index (χ3v) is 5.23. The van der Waals surface area contributed by atoms with Crippen LogP contribution in [0.1, 0.15) is 41.4 Å². The number of unbranched alkanes of at least 4 members (excludes halogenated alkanes) is 1. The molecule has 1 heterocycles. The first-order chi connectivity index (χ1) is 14.5. The average Bonchev–Trinajstić information content (AvgIpc) is 3.02. The number of hydrogen-bond acceptors (Lipinski definition) is 4. The molecule has 0 saturated carbocycles. The van der Waals surface area contributed by atoms with Crippen LogP contribution in [-0.2, 0) is 11.3 Å². The van der Waals surface area contributed by atoms with Crippen LogP contribution in [0.2, 0.25) is 5.02 Å². The number of alkyl carbamates (subject to hydrolysis) is 1. The van der Waals surface area contributed by atoms with Gasteiger partial charge in [-0.15, -0.1) is 0 Å². The molecule has 1 aromatic heterocycles. The maximum Gasteiger partial charge on any atom is 0.407 e. The molecule has 3 rings (SSSR count). The van der Waals surface area contributed by atoms with E-state index in [0.29, 0.717) is 22.9 Å². The lowest BCUT2D eigenvalue weighted by molar-refractivity contribution is 0.0963. The highest BCUT2D eigenvalue weighted by atomic mass is 35.5. The second-order valence-electron chi connectivity index (χ2n) is 6.94. The van der Waals surface area contributed by atoms with Crippen molar-refractivity contribution in [1.29, 1.82) is 0 Å². The number of hydrogen-bond donors (Lipinski definition) is 1. The molecule has 158 valence electrons. The number of aromatic nitrogens is 1. The molecular formula is C23H25ClN2O4. The minimum atomic E-state index is -0.476. The topological polar surface area (TPSA) is 69.6 Å². The lowest BCUT2D eigenvalue weighted by Gasteiger charge is -2.09. The van der Waals surface area contributed by atoms with Crippen LogP contribution in [0, 0.1) is 6.92 Å². The number of halogens is 1. The summed E-state index contributed by atoms with van der Waals surface area (Å²) in [5.74, 6) is 0.501. The third-order valence-electron chi connectivity index (χ3n) is 4.98. The first-order valence-electron chi connectivity index (χ1n) is 9.85. The second-order valence-corrected chi connectivity index (χ2v) is 7.37.